The number of nitrogens with zero attached hydrogens (tertiary/aromatic N) is 2. The molecule has 2 aliphatic heterocycles. The molecule has 2 aliphatic rings. The predicted octanol–water partition coefficient (Wildman–Crippen LogP) is 1.98. The summed E-state index contributed by atoms with van der Waals surface area (Å²) in [4.78, 5) is 14.8. The molecule has 8 heteroatoms. The molecule has 1 amide bonds. The van der Waals surface area contributed by atoms with Crippen molar-refractivity contribution in [3.05, 3.63) is 36.4 Å². The van der Waals surface area contributed by atoms with Gasteiger partial charge in [-0.2, -0.15) is 0 Å². The Morgan fingerprint density at radius 2 is 1.81 bits per heavy atom. The van der Waals surface area contributed by atoms with Crippen LogP contribution in [-0.4, -0.2) is 51.9 Å². The van der Waals surface area contributed by atoms with Crippen molar-refractivity contribution < 1.29 is 13.2 Å². The lowest BCUT2D eigenvalue weighted by Gasteiger charge is -2.33. The Balaban J connectivity index is 0.00000196. The molecule has 0 spiro atoms. The summed E-state index contributed by atoms with van der Waals surface area (Å²) in [5, 5.41) is 4.82. The Kier molecular flexibility index (Phi) is 5.14. The van der Waals surface area contributed by atoms with Gasteiger partial charge in [0.05, 0.1) is 10.6 Å². The van der Waals surface area contributed by atoms with E-state index >= 15 is 0 Å². The maximum atomic E-state index is 12.9. The summed E-state index contributed by atoms with van der Waals surface area (Å²) in [7, 11) is -1.75. The lowest BCUT2D eigenvalue weighted by molar-refractivity contribution is -0.130. The minimum atomic E-state index is -3.67. The number of carbonyl (C=O) groups is 1. The van der Waals surface area contributed by atoms with Gasteiger partial charge in [-0.3, -0.25) is 9.10 Å². The molecule has 2 aromatic rings. The van der Waals surface area contributed by atoms with Crippen molar-refractivity contribution in [2.45, 2.75) is 23.8 Å². The number of likely N-dealkylation sites (tertiary alicyclic amines) is 1. The normalized spacial score (nSPS) is 18.8. The number of carbonyl (C=O) groups excluding carboxylic acids is 1. The molecule has 26 heavy (non-hydrogen) atoms. The lowest BCUT2D eigenvalue weighted by Crippen LogP contribution is -2.47. The third-order valence-electron chi connectivity index (χ3n) is 5.22. The van der Waals surface area contributed by atoms with Gasteiger partial charge in [-0.05, 0) is 37.4 Å². The summed E-state index contributed by atoms with van der Waals surface area (Å²) in [6, 6.07) is 11.2. The van der Waals surface area contributed by atoms with Crippen LogP contribution in [0, 0.1) is 0 Å². The second-order valence-electron chi connectivity index (χ2n) is 6.59. The molecule has 0 atom stereocenters. The first-order valence-electron chi connectivity index (χ1n) is 8.52. The molecular formula is C18H22ClN3O3S. The third kappa shape index (κ3) is 2.94. The van der Waals surface area contributed by atoms with E-state index in [4.69, 9.17) is 0 Å². The van der Waals surface area contributed by atoms with Crippen molar-refractivity contribution in [1.82, 2.24) is 10.2 Å². The fourth-order valence-corrected chi connectivity index (χ4v) is 5.43. The van der Waals surface area contributed by atoms with Crippen LogP contribution in [0.2, 0.25) is 0 Å². The second-order valence-corrected chi connectivity index (χ2v) is 8.42. The number of amides is 1. The number of anilines is 1. The van der Waals surface area contributed by atoms with Gasteiger partial charge in [0.2, 0.25) is 5.91 Å². The molecule has 0 aliphatic carbocycles. The van der Waals surface area contributed by atoms with Crippen LogP contribution in [-0.2, 0) is 14.8 Å². The smallest absolute Gasteiger partial charge is 0.265 e. The van der Waals surface area contributed by atoms with E-state index in [0.717, 1.165) is 18.2 Å². The number of hydrogen-bond acceptors (Lipinski definition) is 4. The van der Waals surface area contributed by atoms with E-state index in [0.29, 0.717) is 35.1 Å². The van der Waals surface area contributed by atoms with Gasteiger partial charge < -0.3 is 10.2 Å². The number of halogens is 1. The van der Waals surface area contributed by atoms with E-state index in [1.165, 1.54) is 4.31 Å². The van der Waals surface area contributed by atoms with E-state index in [1.807, 2.05) is 25.2 Å². The Hall–Kier alpha value is -1.83. The minimum absolute atomic E-state index is 0. The highest BCUT2D eigenvalue weighted by Gasteiger charge is 2.37. The highest BCUT2D eigenvalue weighted by molar-refractivity contribution is 7.93. The SMILES string of the molecule is CNC1CCN(C(=O)CN2c3cccc4cccc(c34)S2(=O)=O)CC1.Cl. The molecule has 0 aromatic heterocycles. The highest BCUT2D eigenvalue weighted by atomic mass is 35.5. The van der Waals surface area contributed by atoms with Crippen LogP contribution in [0.5, 0.6) is 0 Å². The van der Waals surface area contributed by atoms with Crippen molar-refractivity contribution in [2.24, 2.45) is 0 Å². The molecule has 1 saturated heterocycles. The van der Waals surface area contributed by atoms with Gasteiger partial charge in [0, 0.05) is 24.5 Å². The van der Waals surface area contributed by atoms with E-state index in [9.17, 15) is 13.2 Å². The van der Waals surface area contributed by atoms with E-state index < -0.39 is 10.0 Å². The Morgan fingerprint density at radius 3 is 2.46 bits per heavy atom. The maximum absolute atomic E-state index is 12.9. The fraction of sp³-hybridized carbons (Fsp3) is 0.389. The molecule has 0 saturated carbocycles. The lowest BCUT2D eigenvalue weighted by atomic mass is 10.1. The van der Waals surface area contributed by atoms with Crippen LogP contribution < -0.4 is 9.62 Å². The zero-order valence-corrected chi connectivity index (χ0v) is 16.1. The number of rotatable bonds is 3. The second kappa shape index (κ2) is 7.06. The quantitative estimate of drug-likeness (QED) is 0.862. The number of sulfonamides is 1. The van der Waals surface area contributed by atoms with Crippen LogP contribution in [0.25, 0.3) is 10.8 Å². The van der Waals surface area contributed by atoms with Crippen LogP contribution >= 0.6 is 12.4 Å². The van der Waals surface area contributed by atoms with Crippen molar-refractivity contribution in [1.29, 1.82) is 0 Å². The molecule has 1 fully saturated rings. The van der Waals surface area contributed by atoms with Crippen molar-refractivity contribution in [3.8, 4) is 0 Å². The van der Waals surface area contributed by atoms with Gasteiger partial charge in [-0.25, -0.2) is 8.42 Å². The molecule has 2 aromatic carbocycles. The van der Waals surface area contributed by atoms with Gasteiger partial charge >= 0.3 is 0 Å². The number of nitrogens with one attached hydrogen (secondary N) is 1. The van der Waals surface area contributed by atoms with Crippen LogP contribution in [0.4, 0.5) is 5.69 Å². The van der Waals surface area contributed by atoms with Gasteiger partial charge in [-0.15, -0.1) is 12.4 Å². The van der Waals surface area contributed by atoms with E-state index in [2.05, 4.69) is 5.32 Å². The first kappa shape index (κ1) is 18.9. The Labute approximate surface area is 159 Å². The van der Waals surface area contributed by atoms with Crippen molar-refractivity contribution in [2.75, 3.05) is 31.0 Å². The summed E-state index contributed by atoms with van der Waals surface area (Å²) < 4.78 is 27.1. The summed E-state index contributed by atoms with van der Waals surface area (Å²) in [5.41, 5.74) is 0.603. The Morgan fingerprint density at radius 1 is 1.15 bits per heavy atom. The van der Waals surface area contributed by atoms with Gasteiger partial charge in [0.25, 0.3) is 10.0 Å². The fourth-order valence-electron chi connectivity index (χ4n) is 3.77. The molecule has 140 valence electrons. The molecule has 1 N–H and O–H groups in total. The largest absolute Gasteiger partial charge is 0.341 e. The third-order valence-corrected chi connectivity index (χ3v) is 7.02. The zero-order valence-electron chi connectivity index (χ0n) is 14.5. The first-order chi connectivity index (χ1) is 12.0. The van der Waals surface area contributed by atoms with Gasteiger partial charge in [0.1, 0.15) is 6.54 Å². The molecule has 2 heterocycles. The van der Waals surface area contributed by atoms with Crippen molar-refractivity contribution >= 4 is 44.8 Å². The Bertz CT molecular complexity index is 935. The summed E-state index contributed by atoms with van der Waals surface area (Å²) >= 11 is 0. The predicted molar refractivity (Wildman–Crippen MR) is 104 cm³/mol. The molecule has 0 unspecified atom stereocenters. The van der Waals surface area contributed by atoms with Crippen LogP contribution in [0.3, 0.4) is 0 Å². The highest BCUT2D eigenvalue weighted by Crippen LogP contribution is 2.41. The molecule has 0 bridgehead atoms. The molecule has 6 nitrogen and oxygen atoms in total. The molecule has 4 rings (SSSR count). The van der Waals surface area contributed by atoms with Gasteiger partial charge in [0.15, 0.2) is 0 Å². The average molecular weight is 396 g/mol. The summed E-state index contributed by atoms with van der Waals surface area (Å²) in [5.74, 6) is -0.136. The number of benzene rings is 2. The van der Waals surface area contributed by atoms with Crippen molar-refractivity contribution in [3.63, 3.8) is 0 Å². The topological polar surface area (TPSA) is 69.7 Å². The maximum Gasteiger partial charge on any atom is 0.265 e. The van der Waals surface area contributed by atoms with E-state index in [1.54, 1.807) is 23.1 Å². The first-order valence-corrected chi connectivity index (χ1v) is 9.96. The minimum Gasteiger partial charge on any atom is -0.341 e. The zero-order chi connectivity index (χ0) is 17.6. The monoisotopic (exact) mass is 395 g/mol. The van der Waals surface area contributed by atoms with E-state index in [-0.39, 0.29) is 24.9 Å². The average Bonchev–Trinajstić information content (AvgIpc) is 2.85. The standard InChI is InChI=1S/C18H21N3O3S.ClH/c1-19-14-8-10-20(11-9-14)17(22)12-21-15-6-2-4-13-5-3-7-16(18(13)15)25(21,23)24;/h2-7,14,19H,8-12H2,1H3;1H. The van der Waals surface area contributed by atoms with Crippen LogP contribution in [0.15, 0.2) is 41.3 Å². The van der Waals surface area contributed by atoms with Crippen LogP contribution in [0.1, 0.15) is 12.8 Å². The number of hydrogen-bond donors (Lipinski definition) is 1. The molecular weight excluding hydrogens is 374 g/mol. The van der Waals surface area contributed by atoms with Gasteiger partial charge in [-0.1, -0.05) is 24.3 Å². The molecule has 0 radical (unpaired) electrons. The summed E-state index contributed by atoms with van der Waals surface area (Å²) in [6.07, 6.45) is 1.79. The summed E-state index contributed by atoms with van der Waals surface area (Å²) in [6.45, 7) is 1.19. The number of piperidine rings is 1.